The summed E-state index contributed by atoms with van der Waals surface area (Å²) in [5.74, 6) is 1.70. The number of pyridine rings is 1. The molecule has 5 nitrogen and oxygen atoms in total. The SMILES string of the molecule is CC(Nc1ccc(Br)cn1)c1nncn1C. The summed E-state index contributed by atoms with van der Waals surface area (Å²) >= 11 is 3.35. The fourth-order valence-corrected chi connectivity index (χ4v) is 1.67. The third-order valence-electron chi connectivity index (χ3n) is 2.23. The minimum Gasteiger partial charge on any atom is -0.360 e. The minimum atomic E-state index is 0.0705. The Labute approximate surface area is 102 Å². The van der Waals surface area contributed by atoms with Crippen LogP contribution >= 0.6 is 15.9 Å². The first-order chi connectivity index (χ1) is 7.66. The van der Waals surface area contributed by atoms with Crippen LogP contribution in [0.4, 0.5) is 5.82 Å². The van der Waals surface area contributed by atoms with Gasteiger partial charge in [-0.25, -0.2) is 4.98 Å². The Bertz CT molecular complexity index is 464. The smallest absolute Gasteiger partial charge is 0.154 e. The molecule has 6 heteroatoms. The van der Waals surface area contributed by atoms with Crippen molar-refractivity contribution in [2.75, 3.05) is 5.32 Å². The fraction of sp³-hybridized carbons (Fsp3) is 0.300. The number of rotatable bonds is 3. The summed E-state index contributed by atoms with van der Waals surface area (Å²) in [7, 11) is 1.92. The van der Waals surface area contributed by atoms with Crippen molar-refractivity contribution >= 4 is 21.7 Å². The van der Waals surface area contributed by atoms with Crippen LogP contribution in [0.5, 0.6) is 0 Å². The van der Waals surface area contributed by atoms with E-state index in [4.69, 9.17) is 0 Å². The second kappa shape index (κ2) is 4.61. The fourth-order valence-electron chi connectivity index (χ4n) is 1.43. The van der Waals surface area contributed by atoms with Gasteiger partial charge in [0.2, 0.25) is 0 Å². The number of anilines is 1. The van der Waals surface area contributed by atoms with Gasteiger partial charge in [0.05, 0.1) is 6.04 Å². The molecule has 1 N–H and O–H groups in total. The molecule has 2 aromatic heterocycles. The molecule has 1 unspecified atom stereocenters. The molecule has 2 heterocycles. The van der Waals surface area contributed by atoms with Gasteiger partial charge >= 0.3 is 0 Å². The highest BCUT2D eigenvalue weighted by molar-refractivity contribution is 9.10. The standard InChI is InChI=1S/C10H12BrN5/c1-7(10-15-13-6-16(10)2)14-9-4-3-8(11)5-12-9/h3-7H,1-2H3,(H,12,14). The van der Waals surface area contributed by atoms with Gasteiger partial charge in [0, 0.05) is 17.7 Å². The normalized spacial score (nSPS) is 12.4. The lowest BCUT2D eigenvalue weighted by Gasteiger charge is -2.13. The Hall–Kier alpha value is -1.43. The molecular formula is C10H12BrN5. The molecule has 0 bridgehead atoms. The van der Waals surface area contributed by atoms with E-state index in [1.165, 1.54) is 0 Å². The van der Waals surface area contributed by atoms with Crippen LogP contribution in [0, 0.1) is 0 Å². The summed E-state index contributed by atoms with van der Waals surface area (Å²) in [5, 5.41) is 11.1. The van der Waals surface area contributed by atoms with Gasteiger partial charge in [0.1, 0.15) is 12.1 Å². The molecule has 0 amide bonds. The molecule has 2 aromatic rings. The van der Waals surface area contributed by atoms with Crippen LogP contribution < -0.4 is 5.32 Å². The highest BCUT2D eigenvalue weighted by Gasteiger charge is 2.11. The topological polar surface area (TPSA) is 55.6 Å². The van der Waals surface area contributed by atoms with Gasteiger partial charge in [-0.2, -0.15) is 0 Å². The zero-order valence-electron chi connectivity index (χ0n) is 9.05. The maximum atomic E-state index is 4.24. The molecule has 2 rings (SSSR count). The third kappa shape index (κ3) is 2.38. The van der Waals surface area contributed by atoms with Crippen LogP contribution in [0.1, 0.15) is 18.8 Å². The van der Waals surface area contributed by atoms with Gasteiger partial charge in [-0.1, -0.05) is 0 Å². The molecule has 0 saturated carbocycles. The number of nitrogens with zero attached hydrogens (tertiary/aromatic N) is 4. The predicted octanol–water partition coefficient (Wildman–Crippen LogP) is 2.15. The molecule has 0 aromatic carbocycles. The van der Waals surface area contributed by atoms with E-state index in [2.05, 4.69) is 36.4 Å². The summed E-state index contributed by atoms with van der Waals surface area (Å²) in [6, 6.07) is 3.93. The molecule has 0 spiro atoms. The lowest BCUT2D eigenvalue weighted by molar-refractivity contribution is 0.716. The molecule has 0 saturated heterocycles. The molecule has 0 aliphatic heterocycles. The van der Waals surface area contributed by atoms with E-state index >= 15 is 0 Å². The first-order valence-corrected chi connectivity index (χ1v) is 5.68. The van der Waals surface area contributed by atoms with Gasteiger partial charge in [-0.3, -0.25) is 0 Å². The highest BCUT2D eigenvalue weighted by atomic mass is 79.9. The van der Waals surface area contributed by atoms with Gasteiger partial charge in [-0.15, -0.1) is 10.2 Å². The first-order valence-electron chi connectivity index (χ1n) is 4.89. The lowest BCUT2D eigenvalue weighted by Crippen LogP contribution is -2.12. The van der Waals surface area contributed by atoms with Gasteiger partial charge < -0.3 is 9.88 Å². The number of nitrogens with one attached hydrogen (secondary N) is 1. The Morgan fingerprint density at radius 2 is 2.25 bits per heavy atom. The number of hydrogen-bond acceptors (Lipinski definition) is 4. The average Bonchev–Trinajstić information content (AvgIpc) is 2.68. The number of aromatic nitrogens is 4. The van der Waals surface area contributed by atoms with Crippen LogP contribution in [0.3, 0.4) is 0 Å². The third-order valence-corrected chi connectivity index (χ3v) is 2.69. The van der Waals surface area contributed by atoms with Crippen LogP contribution in [0.2, 0.25) is 0 Å². The van der Waals surface area contributed by atoms with Crippen molar-refractivity contribution in [3.8, 4) is 0 Å². The van der Waals surface area contributed by atoms with E-state index in [1.54, 1.807) is 12.5 Å². The number of aryl methyl sites for hydroxylation is 1. The Kier molecular flexibility index (Phi) is 3.19. The molecular weight excluding hydrogens is 270 g/mol. The highest BCUT2D eigenvalue weighted by Crippen LogP contribution is 2.16. The van der Waals surface area contributed by atoms with Gasteiger partial charge in [0.15, 0.2) is 5.82 Å². The lowest BCUT2D eigenvalue weighted by atomic mass is 10.3. The maximum absolute atomic E-state index is 4.24. The largest absolute Gasteiger partial charge is 0.360 e. The van der Waals surface area contributed by atoms with Crippen molar-refractivity contribution in [1.82, 2.24) is 19.7 Å². The summed E-state index contributed by atoms with van der Waals surface area (Å²) in [6.07, 6.45) is 3.44. The van der Waals surface area contributed by atoms with E-state index in [-0.39, 0.29) is 6.04 Å². The van der Waals surface area contributed by atoms with Crippen LogP contribution in [0.25, 0.3) is 0 Å². The van der Waals surface area contributed by atoms with Crippen LogP contribution in [-0.4, -0.2) is 19.7 Å². The van der Waals surface area contributed by atoms with Gasteiger partial charge in [-0.05, 0) is 35.0 Å². The molecule has 0 aliphatic carbocycles. The van der Waals surface area contributed by atoms with Crippen molar-refractivity contribution in [2.45, 2.75) is 13.0 Å². The van der Waals surface area contributed by atoms with E-state index < -0.39 is 0 Å². The van der Waals surface area contributed by atoms with Crippen molar-refractivity contribution in [3.05, 3.63) is 35.0 Å². The minimum absolute atomic E-state index is 0.0705. The van der Waals surface area contributed by atoms with E-state index in [1.807, 2.05) is 30.7 Å². The Morgan fingerprint density at radius 1 is 1.44 bits per heavy atom. The number of halogens is 1. The van der Waals surface area contributed by atoms with Crippen molar-refractivity contribution in [3.63, 3.8) is 0 Å². The van der Waals surface area contributed by atoms with E-state index in [0.29, 0.717) is 0 Å². The van der Waals surface area contributed by atoms with E-state index in [0.717, 1.165) is 16.1 Å². The van der Waals surface area contributed by atoms with Crippen molar-refractivity contribution in [2.24, 2.45) is 7.05 Å². The quantitative estimate of drug-likeness (QED) is 0.937. The van der Waals surface area contributed by atoms with Crippen molar-refractivity contribution < 1.29 is 0 Å². The first kappa shape index (κ1) is 11.1. The Morgan fingerprint density at radius 3 is 2.81 bits per heavy atom. The molecule has 84 valence electrons. The zero-order valence-corrected chi connectivity index (χ0v) is 10.6. The van der Waals surface area contributed by atoms with Crippen LogP contribution in [0.15, 0.2) is 29.1 Å². The summed E-state index contributed by atoms with van der Waals surface area (Å²) < 4.78 is 2.85. The van der Waals surface area contributed by atoms with E-state index in [9.17, 15) is 0 Å². The maximum Gasteiger partial charge on any atom is 0.154 e. The molecule has 1 atom stereocenters. The average molecular weight is 282 g/mol. The summed E-state index contributed by atoms with van der Waals surface area (Å²) in [6.45, 7) is 2.02. The second-order valence-electron chi connectivity index (χ2n) is 3.53. The molecule has 0 radical (unpaired) electrons. The molecule has 0 aliphatic rings. The molecule has 16 heavy (non-hydrogen) atoms. The summed E-state index contributed by atoms with van der Waals surface area (Å²) in [4.78, 5) is 4.24. The predicted molar refractivity (Wildman–Crippen MR) is 65.0 cm³/mol. The molecule has 0 fully saturated rings. The van der Waals surface area contributed by atoms with Gasteiger partial charge in [0.25, 0.3) is 0 Å². The Balaban J connectivity index is 2.10. The number of hydrogen-bond donors (Lipinski definition) is 1. The monoisotopic (exact) mass is 281 g/mol. The van der Waals surface area contributed by atoms with Crippen molar-refractivity contribution in [1.29, 1.82) is 0 Å². The zero-order chi connectivity index (χ0) is 11.5. The van der Waals surface area contributed by atoms with Crippen LogP contribution in [-0.2, 0) is 7.05 Å². The summed E-state index contributed by atoms with van der Waals surface area (Å²) in [5.41, 5.74) is 0. The second-order valence-corrected chi connectivity index (χ2v) is 4.44.